The number of carbonyl (C=O) groups excluding carboxylic acids is 2. The molecule has 0 atom stereocenters. The number of rotatable bonds is 10. The third-order valence-corrected chi connectivity index (χ3v) is 5.60. The number of benzene rings is 2. The molecule has 192 valence electrons. The Morgan fingerprint density at radius 2 is 0.971 bits per heavy atom. The molecule has 2 aromatic rings. The number of amides is 2. The highest BCUT2D eigenvalue weighted by Crippen LogP contribution is 2.35. The summed E-state index contributed by atoms with van der Waals surface area (Å²) in [5.41, 5.74) is -2.06. The maximum Gasteiger partial charge on any atom is 0.416 e. The Morgan fingerprint density at radius 1 is 0.629 bits per heavy atom. The molecule has 0 radical (unpaired) electrons. The Bertz CT molecular complexity index is 960. The van der Waals surface area contributed by atoms with E-state index >= 15 is 0 Å². The molecule has 0 saturated carbocycles. The van der Waals surface area contributed by atoms with Crippen LogP contribution in [0.5, 0.6) is 0 Å². The first-order valence-electron chi connectivity index (χ1n) is 10.6. The van der Waals surface area contributed by atoms with Crippen molar-refractivity contribution in [1.29, 1.82) is 0 Å². The van der Waals surface area contributed by atoms with Gasteiger partial charge >= 0.3 is 12.4 Å². The van der Waals surface area contributed by atoms with E-state index < -0.39 is 35.3 Å². The van der Waals surface area contributed by atoms with Crippen molar-refractivity contribution in [3.8, 4) is 0 Å². The van der Waals surface area contributed by atoms with Crippen LogP contribution < -0.4 is 10.6 Å². The molecule has 2 rings (SSSR count). The van der Waals surface area contributed by atoms with Gasteiger partial charge in [0.1, 0.15) is 0 Å². The average Bonchev–Trinajstić information content (AvgIpc) is 2.74. The van der Waals surface area contributed by atoms with Crippen LogP contribution in [0.1, 0.15) is 56.1 Å². The number of hydrogen-bond donors (Lipinski definition) is 2. The molecule has 0 saturated heterocycles. The Hall–Kier alpha value is -2.46. The highest BCUT2D eigenvalue weighted by atomic mass is 35.5. The van der Waals surface area contributed by atoms with Gasteiger partial charge in [0, 0.05) is 12.8 Å². The normalized spacial score (nSPS) is 11.9. The van der Waals surface area contributed by atoms with Gasteiger partial charge < -0.3 is 10.6 Å². The standard InChI is InChI=1S/C23H22Cl2F6N2O2/c24-16-10-8-14(22(26,27)28)12-18(16)32-20(34)6-4-2-1-3-5-7-21(35)33-19-13-15(23(29,30)31)9-11-17(19)25/h8-13H,1-7H2,(H,32,34)(H,33,35). The third kappa shape index (κ3) is 9.60. The Morgan fingerprint density at radius 3 is 1.31 bits per heavy atom. The van der Waals surface area contributed by atoms with Crippen molar-refractivity contribution < 1.29 is 35.9 Å². The molecule has 0 aliphatic rings. The lowest BCUT2D eigenvalue weighted by molar-refractivity contribution is -0.138. The third-order valence-electron chi connectivity index (χ3n) is 4.94. The number of halogens is 8. The number of alkyl halides is 6. The average molecular weight is 543 g/mol. The quantitative estimate of drug-likeness (QED) is 0.234. The molecule has 0 spiro atoms. The van der Waals surface area contributed by atoms with Crippen molar-refractivity contribution in [3.05, 3.63) is 57.6 Å². The van der Waals surface area contributed by atoms with E-state index in [0.717, 1.165) is 36.4 Å². The fourth-order valence-electron chi connectivity index (χ4n) is 3.12. The lowest BCUT2D eigenvalue weighted by atomic mass is 10.1. The predicted octanol–water partition coefficient (Wildman–Crippen LogP) is 8.34. The largest absolute Gasteiger partial charge is 0.416 e. The number of nitrogens with one attached hydrogen (secondary N) is 2. The first kappa shape index (κ1) is 28.8. The van der Waals surface area contributed by atoms with Gasteiger partial charge in [0.25, 0.3) is 0 Å². The summed E-state index contributed by atoms with van der Waals surface area (Å²) in [6, 6.07) is 5.34. The fraction of sp³-hybridized carbons (Fsp3) is 0.391. The topological polar surface area (TPSA) is 58.2 Å². The van der Waals surface area contributed by atoms with Gasteiger partial charge in [-0.3, -0.25) is 9.59 Å². The van der Waals surface area contributed by atoms with Gasteiger partial charge in [0.15, 0.2) is 0 Å². The number of anilines is 2. The Kier molecular flexibility index (Phi) is 10.3. The summed E-state index contributed by atoms with van der Waals surface area (Å²) in [5, 5.41) is 4.74. The summed E-state index contributed by atoms with van der Waals surface area (Å²) in [7, 11) is 0. The Balaban J connectivity index is 1.66. The van der Waals surface area contributed by atoms with Crippen molar-refractivity contribution in [3.63, 3.8) is 0 Å². The van der Waals surface area contributed by atoms with E-state index in [-0.39, 0.29) is 34.3 Å². The van der Waals surface area contributed by atoms with Crippen LogP contribution in [0, 0.1) is 0 Å². The molecule has 0 aromatic heterocycles. The van der Waals surface area contributed by atoms with Crippen molar-refractivity contribution in [2.75, 3.05) is 10.6 Å². The monoisotopic (exact) mass is 542 g/mol. The van der Waals surface area contributed by atoms with Crippen LogP contribution in [-0.4, -0.2) is 11.8 Å². The molecule has 2 amide bonds. The second-order valence-electron chi connectivity index (χ2n) is 7.75. The van der Waals surface area contributed by atoms with Gasteiger partial charge in [-0.2, -0.15) is 26.3 Å². The van der Waals surface area contributed by atoms with Crippen molar-refractivity contribution in [2.45, 2.75) is 57.3 Å². The predicted molar refractivity (Wildman–Crippen MR) is 122 cm³/mol. The molecular formula is C23H22Cl2F6N2O2. The van der Waals surface area contributed by atoms with Crippen LogP contribution in [-0.2, 0) is 21.9 Å². The molecule has 0 bridgehead atoms. The maximum atomic E-state index is 12.8. The second kappa shape index (κ2) is 12.5. The molecule has 2 N–H and O–H groups in total. The summed E-state index contributed by atoms with van der Waals surface area (Å²) in [6.45, 7) is 0. The molecule has 0 heterocycles. The zero-order valence-corrected chi connectivity index (χ0v) is 19.8. The van der Waals surface area contributed by atoms with Crippen LogP contribution in [0.25, 0.3) is 0 Å². The summed E-state index contributed by atoms with van der Waals surface area (Å²) < 4.78 is 76.8. The van der Waals surface area contributed by atoms with Crippen LogP contribution in [0.4, 0.5) is 37.7 Å². The first-order chi connectivity index (χ1) is 16.3. The maximum absolute atomic E-state index is 12.8. The first-order valence-corrected chi connectivity index (χ1v) is 11.4. The summed E-state index contributed by atoms with van der Waals surface area (Å²) in [5.74, 6) is -0.938. The van der Waals surface area contributed by atoms with E-state index in [4.69, 9.17) is 23.2 Å². The van der Waals surface area contributed by atoms with E-state index in [9.17, 15) is 35.9 Å². The minimum Gasteiger partial charge on any atom is -0.325 e. The van der Waals surface area contributed by atoms with Gasteiger partial charge in [-0.15, -0.1) is 0 Å². The molecule has 2 aromatic carbocycles. The number of unbranched alkanes of at least 4 members (excludes halogenated alkanes) is 4. The smallest absolute Gasteiger partial charge is 0.325 e. The lowest BCUT2D eigenvalue weighted by Gasteiger charge is -2.12. The summed E-state index contributed by atoms with van der Waals surface area (Å²) >= 11 is 11.7. The van der Waals surface area contributed by atoms with Crippen LogP contribution in [0.15, 0.2) is 36.4 Å². The van der Waals surface area contributed by atoms with Crippen LogP contribution in [0.3, 0.4) is 0 Å². The second-order valence-corrected chi connectivity index (χ2v) is 8.56. The lowest BCUT2D eigenvalue weighted by Crippen LogP contribution is -2.13. The van der Waals surface area contributed by atoms with E-state index in [1.165, 1.54) is 0 Å². The molecule has 4 nitrogen and oxygen atoms in total. The highest BCUT2D eigenvalue weighted by Gasteiger charge is 2.32. The van der Waals surface area contributed by atoms with Gasteiger partial charge in [-0.25, -0.2) is 0 Å². The zero-order valence-electron chi connectivity index (χ0n) is 18.3. The highest BCUT2D eigenvalue weighted by molar-refractivity contribution is 6.34. The van der Waals surface area contributed by atoms with Crippen molar-refractivity contribution >= 4 is 46.4 Å². The Labute approximate surface area is 208 Å². The molecule has 35 heavy (non-hydrogen) atoms. The van der Waals surface area contributed by atoms with E-state index in [1.807, 2.05) is 0 Å². The van der Waals surface area contributed by atoms with Gasteiger partial charge in [-0.1, -0.05) is 42.5 Å². The van der Waals surface area contributed by atoms with Crippen molar-refractivity contribution in [1.82, 2.24) is 0 Å². The summed E-state index contributed by atoms with van der Waals surface area (Å²) in [6.07, 6.45) is -6.00. The molecule has 0 unspecified atom stereocenters. The fourth-order valence-corrected chi connectivity index (χ4v) is 3.45. The van der Waals surface area contributed by atoms with Gasteiger partial charge in [0.2, 0.25) is 11.8 Å². The van der Waals surface area contributed by atoms with Gasteiger partial charge in [-0.05, 0) is 49.2 Å². The van der Waals surface area contributed by atoms with Crippen LogP contribution in [0.2, 0.25) is 10.0 Å². The molecule has 12 heteroatoms. The van der Waals surface area contributed by atoms with Crippen molar-refractivity contribution in [2.24, 2.45) is 0 Å². The SMILES string of the molecule is O=C(CCCCCCCC(=O)Nc1cc(C(F)(F)F)ccc1Cl)Nc1cc(C(F)(F)F)ccc1Cl. The number of hydrogen-bond acceptors (Lipinski definition) is 2. The minimum absolute atomic E-state index is 0.00366. The van der Waals surface area contributed by atoms with Crippen LogP contribution >= 0.6 is 23.2 Å². The molecule has 0 aliphatic carbocycles. The molecule has 0 aliphatic heterocycles. The summed E-state index contributed by atoms with van der Waals surface area (Å²) in [4.78, 5) is 24.0. The number of carbonyl (C=O) groups is 2. The van der Waals surface area contributed by atoms with E-state index in [0.29, 0.717) is 32.1 Å². The van der Waals surface area contributed by atoms with E-state index in [2.05, 4.69) is 10.6 Å². The molecule has 0 fully saturated rings. The zero-order chi connectivity index (χ0) is 26.2. The van der Waals surface area contributed by atoms with Gasteiger partial charge in [0.05, 0.1) is 32.5 Å². The van der Waals surface area contributed by atoms with E-state index in [1.54, 1.807) is 0 Å². The molecular weight excluding hydrogens is 521 g/mol. The minimum atomic E-state index is -4.56.